The molecule has 1 aliphatic rings. The lowest BCUT2D eigenvalue weighted by Crippen LogP contribution is -2.10. The molecule has 1 aliphatic carbocycles. The fourth-order valence-corrected chi connectivity index (χ4v) is 1.57. The zero-order chi connectivity index (χ0) is 6.69. The molecule has 0 saturated heterocycles. The lowest BCUT2D eigenvalue weighted by atomic mass is 9.84. The Morgan fingerprint density at radius 1 is 1.56 bits per heavy atom. The van der Waals surface area contributed by atoms with Gasteiger partial charge < -0.3 is 0 Å². The Hall–Kier alpha value is -0.260. The minimum atomic E-state index is 0.874. The molecule has 0 aromatic carbocycles. The van der Waals surface area contributed by atoms with Crippen LogP contribution in [0.2, 0.25) is 0 Å². The highest BCUT2D eigenvalue weighted by Crippen LogP contribution is 2.25. The van der Waals surface area contributed by atoms with Crippen LogP contribution >= 0.6 is 0 Å². The van der Waals surface area contributed by atoms with Gasteiger partial charge in [-0.25, -0.2) is 0 Å². The van der Waals surface area contributed by atoms with E-state index in [4.69, 9.17) is 0 Å². The molecule has 0 aromatic rings. The summed E-state index contributed by atoms with van der Waals surface area (Å²) in [5.41, 5.74) is 0. The molecule has 0 N–H and O–H groups in total. The Bertz CT molecular complexity index is 103. The summed E-state index contributed by atoms with van der Waals surface area (Å²) >= 11 is 0. The molecule has 2 unspecified atom stereocenters. The van der Waals surface area contributed by atoms with Crippen molar-refractivity contribution in [2.24, 2.45) is 11.8 Å². The molecular weight excluding hydrogens is 108 g/mol. The van der Waals surface area contributed by atoms with Gasteiger partial charge in [0.25, 0.3) is 0 Å². The van der Waals surface area contributed by atoms with E-state index in [0.29, 0.717) is 0 Å². The van der Waals surface area contributed by atoms with Crippen molar-refractivity contribution in [3.05, 3.63) is 12.2 Å². The van der Waals surface area contributed by atoms with Gasteiger partial charge in [-0.05, 0) is 31.1 Å². The van der Waals surface area contributed by atoms with Gasteiger partial charge >= 0.3 is 0 Å². The van der Waals surface area contributed by atoms with Crippen LogP contribution in [0.25, 0.3) is 0 Å². The van der Waals surface area contributed by atoms with Gasteiger partial charge in [-0.3, -0.25) is 0 Å². The van der Waals surface area contributed by atoms with Gasteiger partial charge in [-0.15, -0.1) is 0 Å². The van der Waals surface area contributed by atoms with E-state index < -0.39 is 0 Å². The fraction of sp³-hybridized carbons (Fsp3) is 0.778. The monoisotopic (exact) mass is 124 g/mol. The first-order valence-corrected chi connectivity index (χ1v) is 4.01. The van der Waals surface area contributed by atoms with Gasteiger partial charge in [0.15, 0.2) is 0 Å². The maximum Gasteiger partial charge on any atom is -0.0210 e. The number of hydrogen-bond donors (Lipinski definition) is 0. The molecule has 52 valence electrons. The molecule has 0 fully saturated rings. The number of allylic oxidation sites excluding steroid dienone is 2. The van der Waals surface area contributed by atoms with Gasteiger partial charge in [-0.2, -0.15) is 0 Å². The molecule has 0 aliphatic heterocycles. The maximum absolute atomic E-state index is 2.38. The Morgan fingerprint density at radius 2 is 2.33 bits per heavy atom. The molecule has 0 saturated carbocycles. The van der Waals surface area contributed by atoms with Crippen LogP contribution in [-0.4, -0.2) is 0 Å². The summed E-state index contributed by atoms with van der Waals surface area (Å²) in [5, 5.41) is 0. The largest absolute Gasteiger partial charge is 0.0882 e. The van der Waals surface area contributed by atoms with E-state index in [-0.39, 0.29) is 0 Å². The summed E-state index contributed by atoms with van der Waals surface area (Å²) in [6, 6.07) is 0. The summed E-state index contributed by atoms with van der Waals surface area (Å²) < 4.78 is 0. The van der Waals surface area contributed by atoms with Crippen molar-refractivity contribution < 1.29 is 0 Å². The predicted octanol–water partition coefficient (Wildman–Crippen LogP) is 3.00. The third kappa shape index (κ3) is 1.57. The van der Waals surface area contributed by atoms with Gasteiger partial charge in [0.2, 0.25) is 0 Å². The fourth-order valence-electron chi connectivity index (χ4n) is 1.57. The third-order valence-corrected chi connectivity index (χ3v) is 2.37. The van der Waals surface area contributed by atoms with Crippen molar-refractivity contribution in [1.29, 1.82) is 0 Å². The van der Waals surface area contributed by atoms with Crippen LogP contribution in [0.5, 0.6) is 0 Å². The number of rotatable bonds is 1. The molecule has 9 heavy (non-hydrogen) atoms. The van der Waals surface area contributed by atoms with Crippen LogP contribution in [0, 0.1) is 11.8 Å². The van der Waals surface area contributed by atoms with E-state index in [0.717, 1.165) is 11.8 Å². The van der Waals surface area contributed by atoms with Crippen molar-refractivity contribution in [3.8, 4) is 0 Å². The van der Waals surface area contributed by atoms with E-state index in [2.05, 4.69) is 26.0 Å². The molecule has 2 atom stereocenters. The highest BCUT2D eigenvalue weighted by molar-refractivity contribution is 4.95. The van der Waals surface area contributed by atoms with Crippen molar-refractivity contribution in [2.75, 3.05) is 0 Å². The highest BCUT2D eigenvalue weighted by atomic mass is 14.2. The average molecular weight is 124 g/mol. The van der Waals surface area contributed by atoms with Gasteiger partial charge in [0.1, 0.15) is 0 Å². The second-order valence-corrected chi connectivity index (χ2v) is 3.05. The van der Waals surface area contributed by atoms with Gasteiger partial charge in [0, 0.05) is 0 Å². The number of hydrogen-bond acceptors (Lipinski definition) is 0. The third-order valence-electron chi connectivity index (χ3n) is 2.37. The van der Waals surface area contributed by atoms with Crippen molar-refractivity contribution in [2.45, 2.75) is 33.1 Å². The van der Waals surface area contributed by atoms with Crippen LogP contribution in [-0.2, 0) is 0 Å². The van der Waals surface area contributed by atoms with Gasteiger partial charge in [-0.1, -0.05) is 26.0 Å². The quantitative estimate of drug-likeness (QED) is 0.471. The first-order chi connectivity index (χ1) is 4.34. The predicted molar refractivity (Wildman–Crippen MR) is 41.3 cm³/mol. The Kier molecular flexibility index (Phi) is 2.32. The molecule has 0 heteroatoms. The summed E-state index contributed by atoms with van der Waals surface area (Å²) in [4.78, 5) is 0. The Balaban J connectivity index is 2.46. The van der Waals surface area contributed by atoms with E-state index in [1.807, 2.05) is 0 Å². The average Bonchev–Trinajstić information content (AvgIpc) is 1.89. The van der Waals surface area contributed by atoms with E-state index in [9.17, 15) is 0 Å². The van der Waals surface area contributed by atoms with E-state index in [1.165, 1.54) is 19.3 Å². The first-order valence-electron chi connectivity index (χ1n) is 4.01. The van der Waals surface area contributed by atoms with Crippen LogP contribution in [0.15, 0.2) is 12.2 Å². The summed E-state index contributed by atoms with van der Waals surface area (Å²) in [7, 11) is 0. The second-order valence-electron chi connectivity index (χ2n) is 3.05. The lowest BCUT2D eigenvalue weighted by molar-refractivity contribution is 0.378. The zero-order valence-electron chi connectivity index (χ0n) is 6.43. The maximum atomic E-state index is 2.38. The molecule has 0 radical (unpaired) electrons. The van der Waals surface area contributed by atoms with Crippen LogP contribution in [0.1, 0.15) is 33.1 Å². The zero-order valence-corrected chi connectivity index (χ0v) is 6.43. The van der Waals surface area contributed by atoms with Crippen LogP contribution in [0.4, 0.5) is 0 Å². The SMILES string of the molecule is CCC1C=CCCC1C. The van der Waals surface area contributed by atoms with Crippen molar-refractivity contribution >= 4 is 0 Å². The normalized spacial score (nSPS) is 34.9. The second kappa shape index (κ2) is 3.05. The molecule has 0 aromatic heterocycles. The summed E-state index contributed by atoms with van der Waals surface area (Å²) in [6.07, 6.45) is 8.73. The minimum absolute atomic E-state index is 0.874. The van der Waals surface area contributed by atoms with Gasteiger partial charge in [0.05, 0.1) is 0 Å². The highest BCUT2D eigenvalue weighted by Gasteiger charge is 2.13. The molecular formula is C9H16. The topological polar surface area (TPSA) is 0 Å². The van der Waals surface area contributed by atoms with E-state index >= 15 is 0 Å². The standard InChI is InChI=1S/C9H16/c1-3-9-7-5-4-6-8(9)2/h5,7-9H,3-4,6H2,1-2H3. The molecule has 0 amide bonds. The molecule has 0 nitrogen and oxygen atoms in total. The summed E-state index contributed by atoms with van der Waals surface area (Å²) in [5.74, 6) is 1.80. The lowest BCUT2D eigenvalue weighted by Gasteiger charge is -2.22. The van der Waals surface area contributed by atoms with E-state index in [1.54, 1.807) is 0 Å². The minimum Gasteiger partial charge on any atom is -0.0882 e. The molecule has 1 rings (SSSR count). The van der Waals surface area contributed by atoms with Crippen LogP contribution < -0.4 is 0 Å². The Morgan fingerprint density at radius 3 is 2.78 bits per heavy atom. The summed E-state index contributed by atoms with van der Waals surface area (Å²) in [6.45, 7) is 4.63. The van der Waals surface area contributed by atoms with Crippen molar-refractivity contribution in [1.82, 2.24) is 0 Å². The Labute approximate surface area is 58.0 Å². The first kappa shape index (κ1) is 6.85. The molecule has 0 heterocycles. The smallest absolute Gasteiger partial charge is 0.0210 e. The van der Waals surface area contributed by atoms with Crippen LogP contribution in [0.3, 0.4) is 0 Å². The molecule has 0 spiro atoms. The van der Waals surface area contributed by atoms with Crippen molar-refractivity contribution in [3.63, 3.8) is 0 Å². The molecule has 0 bridgehead atoms.